The van der Waals surface area contributed by atoms with Crippen molar-refractivity contribution in [1.82, 2.24) is 5.32 Å². The summed E-state index contributed by atoms with van der Waals surface area (Å²) >= 11 is 0. The number of hydrogen-bond donors (Lipinski definition) is 1. The Balaban J connectivity index is 2.13. The summed E-state index contributed by atoms with van der Waals surface area (Å²) in [4.78, 5) is 35.4. The highest BCUT2D eigenvalue weighted by Crippen LogP contribution is 2.35. The van der Waals surface area contributed by atoms with Gasteiger partial charge in [-0.25, -0.2) is 4.79 Å². The molecule has 2 rings (SSSR count). The number of esters is 1. The SMILES string of the molecule is CCOc1cc([N+](=O)[O-])c(C(=O)OC(C)C(=O)NCc2ccccc2)cc1OC. The fraction of sp³-hybridized carbons (Fsp3) is 0.300. The summed E-state index contributed by atoms with van der Waals surface area (Å²) in [7, 11) is 1.35. The third-order valence-corrected chi connectivity index (χ3v) is 3.96. The van der Waals surface area contributed by atoms with Gasteiger partial charge in [0.1, 0.15) is 5.56 Å². The number of amides is 1. The van der Waals surface area contributed by atoms with Gasteiger partial charge in [-0.1, -0.05) is 30.3 Å². The molecular weight excluding hydrogens is 380 g/mol. The third-order valence-electron chi connectivity index (χ3n) is 3.96. The maximum absolute atomic E-state index is 12.5. The zero-order valence-corrected chi connectivity index (χ0v) is 16.3. The molecule has 2 aromatic carbocycles. The second-order valence-corrected chi connectivity index (χ2v) is 5.96. The molecule has 9 nitrogen and oxygen atoms in total. The van der Waals surface area contributed by atoms with Crippen molar-refractivity contribution in [2.45, 2.75) is 26.5 Å². The van der Waals surface area contributed by atoms with Gasteiger partial charge in [0.2, 0.25) is 0 Å². The van der Waals surface area contributed by atoms with Gasteiger partial charge in [0, 0.05) is 12.6 Å². The minimum Gasteiger partial charge on any atom is -0.493 e. The molecule has 0 saturated carbocycles. The van der Waals surface area contributed by atoms with Crippen molar-refractivity contribution in [3.63, 3.8) is 0 Å². The Bertz CT molecular complexity index is 884. The highest BCUT2D eigenvalue weighted by atomic mass is 16.6. The molecule has 0 aliphatic rings. The summed E-state index contributed by atoms with van der Waals surface area (Å²) in [5, 5.41) is 14.0. The molecule has 0 bridgehead atoms. The minimum absolute atomic E-state index is 0.131. The van der Waals surface area contributed by atoms with Crippen molar-refractivity contribution in [3.8, 4) is 11.5 Å². The molecular formula is C20H22N2O7. The quantitative estimate of drug-likeness (QED) is 0.389. The Morgan fingerprint density at radius 2 is 1.86 bits per heavy atom. The fourth-order valence-electron chi connectivity index (χ4n) is 2.50. The molecule has 0 aliphatic heterocycles. The van der Waals surface area contributed by atoms with Crippen LogP contribution in [-0.2, 0) is 16.1 Å². The number of carbonyl (C=O) groups is 2. The number of rotatable bonds is 9. The van der Waals surface area contributed by atoms with E-state index in [1.807, 2.05) is 30.3 Å². The number of nitrogens with one attached hydrogen (secondary N) is 1. The molecule has 29 heavy (non-hydrogen) atoms. The van der Waals surface area contributed by atoms with Gasteiger partial charge in [0.25, 0.3) is 11.6 Å². The Kier molecular flexibility index (Phi) is 7.53. The lowest BCUT2D eigenvalue weighted by molar-refractivity contribution is -0.385. The van der Waals surface area contributed by atoms with Crippen molar-refractivity contribution >= 4 is 17.6 Å². The van der Waals surface area contributed by atoms with Crippen molar-refractivity contribution in [2.24, 2.45) is 0 Å². The summed E-state index contributed by atoms with van der Waals surface area (Å²) in [5.41, 5.74) is 0.0421. The number of methoxy groups -OCH3 is 1. The number of hydrogen-bond acceptors (Lipinski definition) is 7. The van der Waals surface area contributed by atoms with Gasteiger partial charge in [0.05, 0.1) is 24.7 Å². The lowest BCUT2D eigenvalue weighted by Gasteiger charge is -2.15. The van der Waals surface area contributed by atoms with Gasteiger partial charge in [-0.3, -0.25) is 14.9 Å². The third kappa shape index (κ3) is 5.68. The summed E-state index contributed by atoms with van der Waals surface area (Å²) < 4.78 is 15.6. The number of carbonyl (C=O) groups excluding carboxylic acids is 2. The van der Waals surface area contributed by atoms with Gasteiger partial charge >= 0.3 is 5.97 Å². The van der Waals surface area contributed by atoms with Gasteiger partial charge in [-0.15, -0.1) is 0 Å². The molecule has 0 aromatic heterocycles. The Hall–Kier alpha value is -3.62. The Morgan fingerprint density at radius 3 is 2.45 bits per heavy atom. The lowest BCUT2D eigenvalue weighted by Crippen LogP contribution is -2.35. The van der Waals surface area contributed by atoms with E-state index >= 15 is 0 Å². The van der Waals surface area contributed by atoms with Crippen LogP contribution in [0.15, 0.2) is 42.5 Å². The van der Waals surface area contributed by atoms with Crippen LogP contribution in [0.1, 0.15) is 29.8 Å². The van der Waals surface area contributed by atoms with Crippen molar-refractivity contribution < 1.29 is 28.7 Å². The number of nitro benzene ring substituents is 1. The predicted molar refractivity (Wildman–Crippen MR) is 104 cm³/mol. The van der Waals surface area contributed by atoms with Crippen LogP contribution in [0.25, 0.3) is 0 Å². The van der Waals surface area contributed by atoms with Gasteiger partial charge in [0.15, 0.2) is 17.6 Å². The topological polar surface area (TPSA) is 117 Å². The van der Waals surface area contributed by atoms with E-state index in [9.17, 15) is 19.7 Å². The molecule has 1 N–H and O–H groups in total. The number of nitro groups is 1. The molecule has 0 heterocycles. The van der Waals surface area contributed by atoms with E-state index in [-0.39, 0.29) is 30.2 Å². The first-order valence-corrected chi connectivity index (χ1v) is 8.89. The molecule has 1 unspecified atom stereocenters. The van der Waals surface area contributed by atoms with Crippen LogP contribution < -0.4 is 14.8 Å². The molecule has 9 heteroatoms. The lowest BCUT2D eigenvalue weighted by atomic mass is 10.1. The van der Waals surface area contributed by atoms with Crippen molar-refractivity contribution in [1.29, 1.82) is 0 Å². The standard InChI is InChI=1S/C20H22N2O7/c1-4-28-18-11-16(22(25)26)15(10-17(18)27-3)20(24)29-13(2)19(23)21-12-14-8-6-5-7-9-14/h5-11,13H,4,12H2,1-3H3,(H,21,23). The van der Waals surface area contributed by atoms with E-state index in [0.717, 1.165) is 11.6 Å². The van der Waals surface area contributed by atoms with Crippen LogP contribution in [0, 0.1) is 10.1 Å². The zero-order chi connectivity index (χ0) is 21.4. The Morgan fingerprint density at radius 1 is 1.17 bits per heavy atom. The zero-order valence-electron chi connectivity index (χ0n) is 16.3. The first kappa shape index (κ1) is 21.7. The smallest absolute Gasteiger partial charge is 0.346 e. The average Bonchev–Trinajstić information content (AvgIpc) is 2.72. The second-order valence-electron chi connectivity index (χ2n) is 5.96. The van der Waals surface area contributed by atoms with Gasteiger partial charge in [-0.05, 0) is 19.4 Å². The van der Waals surface area contributed by atoms with Crippen LogP contribution in [0.3, 0.4) is 0 Å². The molecule has 1 amide bonds. The maximum atomic E-state index is 12.5. The molecule has 154 valence electrons. The highest BCUT2D eigenvalue weighted by molar-refractivity contribution is 5.96. The van der Waals surface area contributed by atoms with Crippen LogP contribution >= 0.6 is 0 Å². The molecule has 0 fully saturated rings. The minimum atomic E-state index is -1.15. The highest BCUT2D eigenvalue weighted by Gasteiger charge is 2.28. The van der Waals surface area contributed by atoms with Crippen molar-refractivity contribution in [2.75, 3.05) is 13.7 Å². The largest absolute Gasteiger partial charge is 0.493 e. The van der Waals surface area contributed by atoms with E-state index in [4.69, 9.17) is 14.2 Å². The normalized spacial score (nSPS) is 11.3. The molecule has 0 radical (unpaired) electrons. The summed E-state index contributed by atoms with van der Waals surface area (Å²) in [6, 6.07) is 11.5. The molecule has 0 spiro atoms. The monoisotopic (exact) mass is 402 g/mol. The van der Waals surface area contributed by atoms with E-state index < -0.39 is 28.6 Å². The second kappa shape index (κ2) is 10.1. The molecule has 1 atom stereocenters. The summed E-state index contributed by atoms with van der Waals surface area (Å²) in [6.07, 6.45) is -1.15. The number of benzene rings is 2. The van der Waals surface area contributed by atoms with E-state index in [1.165, 1.54) is 20.1 Å². The van der Waals surface area contributed by atoms with E-state index in [0.29, 0.717) is 0 Å². The first-order chi connectivity index (χ1) is 13.9. The average molecular weight is 402 g/mol. The van der Waals surface area contributed by atoms with Crippen molar-refractivity contribution in [3.05, 3.63) is 63.7 Å². The molecule has 0 saturated heterocycles. The van der Waals surface area contributed by atoms with Crippen LogP contribution in [0.4, 0.5) is 5.69 Å². The predicted octanol–water partition coefficient (Wildman–Crippen LogP) is 2.86. The number of nitrogens with zero attached hydrogens (tertiary/aromatic N) is 1. The molecule has 2 aromatic rings. The Labute approximate surface area is 167 Å². The molecule has 0 aliphatic carbocycles. The van der Waals surface area contributed by atoms with E-state index in [1.54, 1.807) is 6.92 Å². The maximum Gasteiger partial charge on any atom is 0.346 e. The van der Waals surface area contributed by atoms with Crippen LogP contribution in [0.5, 0.6) is 11.5 Å². The number of ether oxygens (including phenoxy) is 3. The summed E-state index contributed by atoms with van der Waals surface area (Å²) in [6.45, 7) is 3.62. The van der Waals surface area contributed by atoms with E-state index in [2.05, 4.69) is 5.32 Å². The fourth-order valence-corrected chi connectivity index (χ4v) is 2.50. The first-order valence-electron chi connectivity index (χ1n) is 8.89. The van der Waals surface area contributed by atoms with Crippen LogP contribution in [-0.4, -0.2) is 36.6 Å². The van der Waals surface area contributed by atoms with Gasteiger partial charge < -0.3 is 19.5 Å². The van der Waals surface area contributed by atoms with Gasteiger partial charge in [-0.2, -0.15) is 0 Å². The summed E-state index contributed by atoms with van der Waals surface area (Å²) in [5.74, 6) is -1.26. The van der Waals surface area contributed by atoms with Crippen LogP contribution in [0.2, 0.25) is 0 Å².